The minimum Gasteiger partial charge on any atom is -0.460 e. The Morgan fingerprint density at radius 1 is 1.25 bits per heavy atom. The monoisotopic (exact) mass is 297 g/mol. The molecule has 0 bridgehead atoms. The first-order valence-corrected chi connectivity index (χ1v) is 6.83. The Morgan fingerprint density at radius 2 is 1.90 bits per heavy atom. The van der Waals surface area contributed by atoms with E-state index in [9.17, 15) is 9.59 Å². The number of carbonyl (C=O) groups is 2. The van der Waals surface area contributed by atoms with Crippen molar-refractivity contribution >= 4 is 29.2 Å². The number of ether oxygens (including phenoxy) is 1. The van der Waals surface area contributed by atoms with Crippen LogP contribution in [0.4, 0.5) is 5.69 Å². The van der Waals surface area contributed by atoms with Gasteiger partial charge in [-0.3, -0.25) is 9.59 Å². The summed E-state index contributed by atoms with van der Waals surface area (Å²) in [4.78, 5) is 23.3. The minimum atomic E-state index is -0.531. The molecule has 20 heavy (non-hydrogen) atoms. The van der Waals surface area contributed by atoms with E-state index in [1.165, 1.54) is 0 Å². The lowest BCUT2D eigenvalue weighted by atomic mass is 10.2. The third-order valence-electron chi connectivity index (χ3n) is 2.52. The van der Waals surface area contributed by atoms with Crippen LogP contribution in [0.2, 0.25) is 5.02 Å². The van der Waals surface area contributed by atoms with Gasteiger partial charge in [0, 0.05) is 17.1 Å². The molecule has 1 aromatic rings. The average molecular weight is 298 g/mol. The fourth-order valence-electron chi connectivity index (χ4n) is 1.56. The van der Waals surface area contributed by atoms with Crippen LogP contribution < -0.4 is 5.32 Å². The van der Waals surface area contributed by atoms with E-state index in [-0.39, 0.29) is 24.7 Å². The molecule has 0 saturated heterocycles. The van der Waals surface area contributed by atoms with Gasteiger partial charge in [0.15, 0.2) is 0 Å². The zero-order valence-electron chi connectivity index (χ0n) is 12.2. The van der Waals surface area contributed by atoms with Crippen molar-refractivity contribution in [3.63, 3.8) is 0 Å². The highest BCUT2D eigenvalue weighted by atomic mass is 35.5. The fourth-order valence-corrected chi connectivity index (χ4v) is 1.74. The molecule has 0 aliphatic heterocycles. The molecule has 1 N–H and O–H groups in total. The number of rotatable bonds is 4. The molecule has 0 aliphatic rings. The van der Waals surface area contributed by atoms with E-state index in [1.54, 1.807) is 39.0 Å². The van der Waals surface area contributed by atoms with Gasteiger partial charge in [0.1, 0.15) is 5.60 Å². The Kier molecular flexibility index (Phi) is 5.57. The van der Waals surface area contributed by atoms with Crippen LogP contribution >= 0.6 is 11.6 Å². The number of nitrogens with one attached hydrogen (secondary N) is 1. The quantitative estimate of drug-likeness (QED) is 0.862. The number of hydrogen-bond acceptors (Lipinski definition) is 3. The van der Waals surface area contributed by atoms with Gasteiger partial charge >= 0.3 is 5.97 Å². The fraction of sp³-hybridized carbons (Fsp3) is 0.467. The number of carbonyl (C=O) groups excluding carboxylic acids is 2. The summed E-state index contributed by atoms with van der Waals surface area (Å²) in [5.41, 5.74) is 0.934. The van der Waals surface area contributed by atoms with Gasteiger partial charge in [0.2, 0.25) is 5.91 Å². The molecule has 4 nitrogen and oxygen atoms in total. The van der Waals surface area contributed by atoms with E-state index in [1.807, 2.05) is 6.92 Å². The predicted molar refractivity (Wildman–Crippen MR) is 79.9 cm³/mol. The molecular weight excluding hydrogens is 278 g/mol. The number of hydrogen-bond donors (Lipinski definition) is 1. The van der Waals surface area contributed by atoms with E-state index in [0.717, 1.165) is 5.56 Å². The van der Waals surface area contributed by atoms with Crippen LogP contribution in [0.3, 0.4) is 0 Å². The lowest BCUT2D eigenvalue weighted by Crippen LogP contribution is -2.24. The van der Waals surface area contributed by atoms with Gasteiger partial charge in [-0.25, -0.2) is 0 Å². The van der Waals surface area contributed by atoms with Crippen molar-refractivity contribution in [1.29, 1.82) is 0 Å². The molecule has 0 aliphatic carbocycles. The van der Waals surface area contributed by atoms with Gasteiger partial charge < -0.3 is 10.1 Å². The Labute approximate surface area is 124 Å². The Morgan fingerprint density at radius 3 is 2.50 bits per heavy atom. The summed E-state index contributed by atoms with van der Waals surface area (Å²) in [5, 5.41) is 3.33. The maximum atomic E-state index is 11.8. The van der Waals surface area contributed by atoms with Crippen LogP contribution in [0.1, 0.15) is 39.2 Å². The molecule has 1 rings (SSSR count). The van der Waals surface area contributed by atoms with Crippen molar-refractivity contribution in [2.45, 2.75) is 46.1 Å². The summed E-state index contributed by atoms with van der Waals surface area (Å²) in [7, 11) is 0. The van der Waals surface area contributed by atoms with Gasteiger partial charge in [-0.15, -0.1) is 0 Å². The molecule has 0 aromatic heterocycles. The SMILES string of the molecule is Cc1c(Cl)cccc1NC(=O)CCC(=O)OC(C)(C)C. The molecule has 0 fully saturated rings. The number of halogens is 1. The van der Waals surface area contributed by atoms with Gasteiger partial charge in [-0.1, -0.05) is 17.7 Å². The van der Waals surface area contributed by atoms with Gasteiger partial charge in [0.25, 0.3) is 0 Å². The maximum Gasteiger partial charge on any atom is 0.306 e. The standard InChI is InChI=1S/C15H20ClNO3/c1-10-11(16)6-5-7-12(10)17-13(18)8-9-14(19)20-15(2,3)4/h5-7H,8-9H2,1-4H3,(H,17,18). The zero-order chi connectivity index (χ0) is 15.3. The second kappa shape index (κ2) is 6.75. The highest BCUT2D eigenvalue weighted by Gasteiger charge is 2.17. The Balaban J connectivity index is 2.49. The van der Waals surface area contributed by atoms with E-state index < -0.39 is 5.60 Å². The largest absolute Gasteiger partial charge is 0.460 e. The first-order valence-electron chi connectivity index (χ1n) is 6.46. The third kappa shape index (κ3) is 5.61. The molecule has 0 heterocycles. The highest BCUT2D eigenvalue weighted by molar-refractivity contribution is 6.31. The smallest absolute Gasteiger partial charge is 0.306 e. The van der Waals surface area contributed by atoms with Crippen molar-refractivity contribution in [2.24, 2.45) is 0 Å². The van der Waals surface area contributed by atoms with E-state index in [4.69, 9.17) is 16.3 Å². The summed E-state index contributed by atoms with van der Waals surface area (Å²) in [6.45, 7) is 7.20. The topological polar surface area (TPSA) is 55.4 Å². The molecule has 1 aromatic carbocycles. The summed E-state index contributed by atoms with van der Waals surface area (Å²) in [6, 6.07) is 5.29. The predicted octanol–water partition coefficient (Wildman–Crippen LogP) is 3.71. The first-order chi connectivity index (χ1) is 9.19. The van der Waals surface area contributed by atoms with Crippen LogP contribution in [0.25, 0.3) is 0 Å². The molecule has 0 unspecified atom stereocenters. The van der Waals surface area contributed by atoms with Gasteiger partial charge in [-0.05, 0) is 45.4 Å². The lowest BCUT2D eigenvalue weighted by molar-refractivity contribution is -0.155. The third-order valence-corrected chi connectivity index (χ3v) is 2.93. The molecule has 0 saturated carbocycles. The normalized spacial score (nSPS) is 11.1. The van der Waals surface area contributed by atoms with Crippen LogP contribution in [0, 0.1) is 6.92 Å². The number of benzene rings is 1. The average Bonchev–Trinajstić information content (AvgIpc) is 2.30. The van der Waals surface area contributed by atoms with Crippen molar-refractivity contribution in [1.82, 2.24) is 0 Å². The second-order valence-electron chi connectivity index (χ2n) is 5.55. The number of esters is 1. The van der Waals surface area contributed by atoms with Crippen LogP contribution in [0.15, 0.2) is 18.2 Å². The number of anilines is 1. The number of amides is 1. The molecule has 5 heteroatoms. The van der Waals surface area contributed by atoms with E-state index >= 15 is 0 Å². The lowest BCUT2D eigenvalue weighted by Gasteiger charge is -2.19. The Bertz CT molecular complexity index is 506. The van der Waals surface area contributed by atoms with Gasteiger partial charge in [0.05, 0.1) is 6.42 Å². The van der Waals surface area contributed by atoms with Gasteiger partial charge in [-0.2, -0.15) is 0 Å². The molecular formula is C15H20ClNO3. The summed E-state index contributed by atoms with van der Waals surface area (Å²) in [5.74, 6) is -0.614. The van der Waals surface area contributed by atoms with Crippen molar-refractivity contribution in [2.75, 3.05) is 5.32 Å². The molecule has 110 valence electrons. The molecule has 1 amide bonds. The maximum absolute atomic E-state index is 11.8. The Hall–Kier alpha value is -1.55. The van der Waals surface area contributed by atoms with Crippen molar-refractivity contribution < 1.29 is 14.3 Å². The van der Waals surface area contributed by atoms with E-state index in [0.29, 0.717) is 10.7 Å². The minimum absolute atomic E-state index is 0.0583. The molecule has 0 radical (unpaired) electrons. The summed E-state index contributed by atoms with van der Waals surface area (Å²) in [6.07, 6.45) is 0.142. The van der Waals surface area contributed by atoms with Crippen LogP contribution in [-0.2, 0) is 14.3 Å². The van der Waals surface area contributed by atoms with Crippen LogP contribution in [-0.4, -0.2) is 17.5 Å². The summed E-state index contributed by atoms with van der Waals surface area (Å²) >= 11 is 5.97. The zero-order valence-corrected chi connectivity index (χ0v) is 13.0. The molecule has 0 spiro atoms. The van der Waals surface area contributed by atoms with Crippen molar-refractivity contribution in [3.05, 3.63) is 28.8 Å². The first kappa shape index (κ1) is 16.5. The highest BCUT2D eigenvalue weighted by Crippen LogP contribution is 2.23. The van der Waals surface area contributed by atoms with E-state index in [2.05, 4.69) is 5.32 Å². The van der Waals surface area contributed by atoms with Crippen LogP contribution in [0.5, 0.6) is 0 Å². The van der Waals surface area contributed by atoms with Crippen molar-refractivity contribution in [3.8, 4) is 0 Å². The molecule has 0 atom stereocenters. The second-order valence-corrected chi connectivity index (χ2v) is 5.95. The summed E-state index contributed by atoms with van der Waals surface area (Å²) < 4.78 is 5.14.